The van der Waals surface area contributed by atoms with Gasteiger partial charge in [0.15, 0.2) is 11.5 Å². The first kappa shape index (κ1) is 26.0. The number of hydrogen-bond acceptors (Lipinski definition) is 7. The molecule has 1 fully saturated rings. The number of aromatic nitrogens is 2. The van der Waals surface area contributed by atoms with Crippen LogP contribution in [0.1, 0.15) is 51.0 Å². The van der Waals surface area contributed by atoms with Crippen LogP contribution in [-0.2, 0) is 29.2 Å². The Labute approximate surface area is 223 Å². The first-order chi connectivity index (χ1) is 18.5. The molecule has 1 atom stereocenters. The van der Waals surface area contributed by atoms with E-state index in [-0.39, 0.29) is 49.7 Å². The summed E-state index contributed by atoms with van der Waals surface area (Å²) < 4.78 is 13.7. The molecular weight excluding hydrogens is 508 g/mol. The van der Waals surface area contributed by atoms with Gasteiger partial charge in [-0.25, -0.2) is 4.79 Å². The highest BCUT2D eigenvalue weighted by molar-refractivity contribution is 7.17. The van der Waals surface area contributed by atoms with E-state index in [0.29, 0.717) is 41.2 Å². The van der Waals surface area contributed by atoms with Crippen LogP contribution in [-0.4, -0.2) is 45.2 Å². The molecule has 2 amide bonds. The van der Waals surface area contributed by atoms with Crippen LogP contribution in [0.2, 0.25) is 0 Å². The zero-order valence-corrected chi connectivity index (χ0v) is 22.3. The zero-order chi connectivity index (χ0) is 26.6. The van der Waals surface area contributed by atoms with Crippen molar-refractivity contribution in [3.05, 3.63) is 56.0 Å². The van der Waals surface area contributed by atoms with Crippen molar-refractivity contribution < 1.29 is 19.1 Å². The van der Waals surface area contributed by atoms with E-state index in [9.17, 15) is 19.2 Å². The van der Waals surface area contributed by atoms with E-state index < -0.39 is 5.69 Å². The molecule has 2 aromatic heterocycles. The summed E-state index contributed by atoms with van der Waals surface area (Å²) in [5.41, 5.74) is 0.476. The van der Waals surface area contributed by atoms with Crippen molar-refractivity contribution in [3.8, 4) is 11.5 Å². The van der Waals surface area contributed by atoms with Crippen molar-refractivity contribution in [2.45, 2.75) is 71.1 Å². The van der Waals surface area contributed by atoms with Gasteiger partial charge in [0.25, 0.3) is 5.56 Å². The van der Waals surface area contributed by atoms with Crippen LogP contribution in [0, 0.1) is 0 Å². The molecule has 0 saturated carbocycles. The minimum Gasteiger partial charge on any atom is -0.454 e. The van der Waals surface area contributed by atoms with E-state index >= 15 is 0 Å². The van der Waals surface area contributed by atoms with Gasteiger partial charge in [0.05, 0.1) is 5.52 Å². The highest BCUT2D eigenvalue weighted by Crippen LogP contribution is 2.32. The Morgan fingerprint density at radius 2 is 1.95 bits per heavy atom. The number of carbonyl (C=O) groups is 2. The molecule has 10 nitrogen and oxygen atoms in total. The lowest BCUT2D eigenvalue weighted by molar-refractivity contribution is -0.135. The molecular formula is C27H32N4O6S. The van der Waals surface area contributed by atoms with E-state index in [1.807, 2.05) is 17.0 Å². The zero-order valence-electron chi connectivity index (χ0n) is 21.4. The predicted molar refractivity (Wildman–Crippen MR) is 144 cm³/mol. The number of benzene rings is 1. The molecule has 38 heavy (non-hydrogen) atoms. The van der Waals surface area contributed by atoms with Gasteiger partial charge in [-0.2, -0.15) is 0 Å². The first-order valence-corrected chi connectivity index (χ1v) is 14.0. The number of nitrogens with zero attached hydrogens (tertiary/aromatic N) is 3. The molecule has 0 bridgehead atoms. The standard InChI is InChI=1S/C27H32N4O6S/c1-2-19-6-3-4-11-29(19)24(33)16-31-20-10-13-38-25(20)26(34)30(27(31)35)12-5-7-23(32)28-15-18-8-9-21-22(14-18)37-17-36-21/h8-10,13-14,19H,2-7,11-12,15-17H2,1H3,(H,28,32)/t19-/m0/s1. The Bertz CT molecular complexity index is 1460. The SMILES string of the molecule is CC[C@H]1CCCCN1C(=O)Cn1c(=O)n(CCCC(=O)NCc2ccc3c(c2)OCO3)c(=O)c2sccc21. The number of piperidine rings is 1. The van der Waals surface area contributed by atoms with E-state index in [4.69, 9.17) is 9.47 Å². The van der Waals surface area contributed by atoms with Crippen molar-refractivity contribution in [3.63, 3.8) is 0 Å². The Kier molecular flexibility index (Phi) is 7.82. The van der Waals surface area contributed by atoms with Crippen LogP contribution < -0.4 is 26.0 Å². The number of thiophene rings is 1. The van der Waals surface area contributed by atoms with Crippen LogP contribution in [0.25, 0.3) is 10.2 Å². The van der Waals surface area contributed by atoms with Gasteiger partial charge in [0, 0.05) is 32.1 Å². The van der Waals surface area contributed by atoms with Crippen LogP contribution in [0.5, 0.6) is 11.5 Å². The monoisotopic (exact) mass is 540 g/mol. The van der Waals surface area contributed by atoms with Crippen molar-refractivity contribution in [1.29, 1.82) is 0 Å². The minimum atomic E-state index is -0.514. The second-order valence-corrected chi connectivity index (χ2v) is 10.6. The van der Waals surface area contributed by atoms with Gasteiger partial charge >= 0.3 is 5.69 Å². The second-order valence-electron chi connectivity index (χ2n) is 9.67. The molecule has 11 heteroatoms. The maximum Gasteiger partial charge on any atom is 0.332 e. The Morgan fingerprint density at radius 3 is 2.79 bits per heavy atom. The molecule has 1 saturated heterocycles. The number of rotatable bonds is 9. The fourth-order valence-electron chi connectivity index (χ4n) is 5.20. The number of ether oxygens (including phenoxy) is 2. The molecule has 2 aliphatic heterocycles. The van der Waals surface area contributed by atoms with Crippen LogP contribution >= 0.6 is 11.3 Å². The molecule has 0 radical (unpaired) electrons. The quantitative estimate of drug-likeness (QED) is 0.447. The summed E-state index contributed by atoms with van der Waals surface area (Å²) in [6.07, 6.45) is 4.39. The summed E-state index contributed by atoms with van der Waals surface area (Å²) in [5.74, 6) is 1.06. The van der Waals surface area contributed by atoms with E-state index in [0.717, 1.165) is 35.8 Å². The first-order valence-electron chi connectivity index (χ1n) is 13.1. The fourth-order valence-corrected chi connectivity index (χ4v) is 6.04. The summed E-state index contributed by atoms with van der Waals surface area (Å²) >= 11 is 1.26. The molecule has 0 spiro atoms. The minimum absolute atomic E-state index is 0.0957. The molecule has 0 aliphatic carbocycles. The van der Waals surface area contributed by atoms with Gasteiger partial charge in [-0.3, -0.25) is 23.5 Å². The number of nitrogens with one attached hydrogen (secondary N) is 1. The van der Waals surface area contributed by atoms with Crippen molar-refractivity contribution in [1.82, 2.24) is 19.4 Å². The van der Waals surface area contributed by atoms with E-state index in [1.165, 1.54) is 15.9 Å². The molecule has 0 unspecified atom stereocenters. The third kappa shape index (κ3) is 5.33. The number of carbonyl (C=O) groups excluding carboxylic acids is 2. The smallest absolute Gasteiger partial charge is 0.332 e. The number of likely N-dealkylation sites (tertiary alicyclic amines) is 1. The molecule has 202 valence electrons. The van der Waals surface area contributed by atoms with E-state index in [2.05, 4.69) is 12.2 Å². The maximum atomic E-state index is 13.4. The maximum absolute atomic E-state index is 13.4. The molecule has 3 aromatic rings. The summed E-state index contributed by atoms with van der Waals surface area (Å²) in [5, 5.41) is 4.62. The second kappa shape index (κ2) is 11.4. The van der Waals surface area contributed by atoms with Gasteiger partial charge < -0.3 is 19.7 Å². The summed E-state index contributed by atoms with van der Waals surface area (Å²) in [6, 6.07) is 7.40. The predicted octanol–water partition coefficient (Wildman–Crippen LogP) is 2.84. The average molecular weight is 541 g/mol. The van der Waals surface area contributed by atoms with Gasteiger partial charge in [0.2, 0.25) is 18.6 Å². The number of fused-ring (bicyclic) bond motifs is 2. The van der Waals surface area contributed by atoms with Gasteiger partial charge in [0.1, 0.15) is 11.2 Å². The van der Waals surface area contributed by atoms with Crippen LogP contribution in [0.15, 0.2) is 39.2 Å². The normalized spacial score (nSPS) is 16.7. The highest BCUT2D eigenvalue weighted by Gasteiger charge is 2.26. The average Bonchev–Trinajstić information content (AvgIpc) is 3.61. The molecule has 5 rings (SSSR count). The van der Waals surface area contributed by atoms with Gasteiger partial charge in [-0.05, 0) is 61.2 Å². The summed E-state index contributed by atoms with van der Waals surface area (Å²) in [7, 11) is 0. The Balaban J connectivity index is 1.24. The van der Waals surface area contributed by atoms with Crippen LogP contribution in [0.4, 0.5) is 0 Å². The number of hydrogen-bond donors (Lipinski definition) is 1. The summed E-state index contributed by atoms with van der Waals surface area (Å²) in [6.45, 7) is 3.29. The topological polar surface area (TPSA) is 112 Å². The van der Waals surface area contributed by atoms with Crippen molar-refractivity contribution in [2.75, 3.05) is 13.3 Å². The summed E-state index contributed by atoms with van der Waals surface area (Å²) in [4.78, 5) is 54.0. The fraction of sp³-hybridized carbons (Fsp3) is 0.481. The van der Waals surface area contributed by atoms with Crippen molar-refractivity contribution in [2.24, 2.45) is 0 Å². The molecule has 1 aromatic carbocycles. The Morgan fingerprint density at radius 1 is 1.11 bits per heavy atom. The number of amides is 2. The lowest BCUT2D eigenvalue weighted by Crippen LogP contribution is -2.47. The molecule has 1 N–H and O–H groups in total. The highest BCUT2D eigenvalue weighted by atomic mass is 32.1. The third-order valence-electron chi connectivity index (χ3n) is 7.26. The lowest BCUT2D eigenvalue weighted by Gasteiger charge is -2.35. The van der Waals surface area contributed by atoms with Crippen LogP contribution in [0.3, 0.4) is 0 Å². The van der Waals surface area contributed by atoms with Gasteiger partial charge in [-0.15, -0.1) is 11.3 Å². The lowest BCUT2D eigenvalue weighted by atomic mass is 10.00. The third-order valence-corrected chi connectivity index (χ3v) is 8.15. The van der Waals surface area contributed by atoms with Crippen molar-refractivity contribution >= 4 is 33.4 Å². The molecule has 4 heterocycles. The van der Waals surface area contributed by atoms with Gasteiger partial charge in [-0.1, -0.05) is 13.0 Å². The molecule has 2 aliphatic rings. The van der Waals surface area contributed by atoms with E-state index in [1.54, 1.807) is 17.5 Å². The Hall–Kier alpha value is -3.60. The largest absolute Gasteiger partial charge is 0.454 e.